The summed E-state index contributed by atoms with van der Waals surface area (Å²) >= 11 is 0. The van der Waals surface area contributed by atoms with E-state index in [0.717, 1.165) is 0 Å². The molecule has 1 unspecified atom stereocenters. The summed E-state index contributed by atoms with van der Waals surface area (Å²) in [6.45, 7) is 4.65. The Morgan fingerprint density at radius 2 is 1.72 bits per heavy atom. The number of esters is 3. The third-order valence-corrected chi connectivity index (χ3v) is 5.11. The molecule has 3 rings (SSSR count). The largest absolute Gasteiger partial charge is 0.463 e. The minimum absolute atomic E-state index is 0.0504. The molecule has 2 saturated heterocycles. The summed E-state index contributed by atoms with van der Waals surface area (Å²) in [7, 11) is 0. The van der Waals surface area contributed by atoms with E-state index in [2.05, 4.69) is 10.6 Å². The third kappa shape index (κ3) is 7.36. The van der Waals surface area contributed by atoms with Crippen molar-refractivity contribution < 1.29 is 57.1 Å². The molecule has 0 radical (unpaired) electrons. The van der Waals surface area contributed by atoms with Gasteiger partial charge in [0.15, 0.2) is 31.0 Å². The van der Waals surface area contributed by atoms with Gasteiger partial charge in [-0.3, -0.25) is 29.4 Å². The molecule has 0 aromatic rings. The molecule has 0 bridgehead atoms. The summed E-state index contributed by atoms with van der Waals surface area (Å²) in [6, 6.07) is -0.483. The Kier molecular flexibility index (Phi) is 9.19. The van der Waals surface area contributed by atoms with Gasteiger partial charge in [-0.05, 0) is 6.08 Å². The summed E-state index contributed by atoms with van der Waals surface area (Å²) in [5, 5.41) is 5.04. The number of urea groups is 1. The van der Waals surface area contributed by atoms with Crippen LogP contribution in [0.15, 0.2) is 11.9 Å². The fourth-order valence-corrected chi connectivity index (χ4v) is 3.71. The van der Waals surface area contributed by atoms with Crippen molar-refractivity contribution in [3.8, 4) is 0 Å². The maximum atomic E-state index is 12.4. The Bertz CT molecular complexity index is 909. The molecule has 0 spiro atoms. The number of carbonyl (C=O) groups is 5. The molecule has 3 aliphatic heterocycles. The molecule has 0 aliphatic carbocycles. The Labute approximate surface area is 206 Å². The number of hydrogen-bond donors (Lipinski definition) is 2. The van der Waals surface area contributed by atoms with E-state index in [1.807, 2.05) is 0 Å². The van der Waals surface area contributed by atoms with Crippen molar-refractivity contribution >= 4 is 29.8 Å². The van der Waals surface area contributed by atoms with E-state index in [0.29, 0.717) is 0 Å². The molecule has 2 fully saturated rings. The Morgan fingerprint density at radius 1 is 1.03 bits per heavy atom. The van der Waals surface area contributed by atoms with Gasteiger partial charge in [0, 0.05) is 34.2 Å². The van der Waals surface area contributed by atoms with Crippen LogP contribution in [0.2, 0.25) is 0 Å². The van der Waals surface area contributed by atoms with E-state index in [-0.39, 0.29) is 38.1 Å². The lowest BCUT2D eigenvalue weighted by atomic mass is 10.1. The van der Waals surface area contributed by atoms with Gasteiger partial charge in [-0.1, -0.05) is 0 Å². The van der Waals surface area contributed by atoms with E-state index < -0.39 is 61.1 Å². The standard InChI is InChI=1S/C21H29N3O12/c1-10(25)22-15-5-6-24(21(29)23-15)16-8-31-17(36-16)9-32-20-19(34-13(4)28)18(33-12(3)27)14(35-20)7-30-11(2)26/h5,14,16-20H,6-9H2,1-4H3,(H,22,25)(H,23,29)/t14-,16+,17+,18-,19-,20?/m1/s1. The van der Waals surface area contributed by atoms with Gasteiger partial charge in [-0.25, -0.2) is 4.79 Å². The predicted octanol–water partition coefficient (Wildman–Crippen LogP) is -1.14. The maximum absolute atomic E-state index is 12.4. The highest BCUT2D eigenvalue weighted by Crippen LogP contribution is 2.29. The molecule has 36 heavy (non-hydrogen) atoms. The zero-order chi connectivity index (χ0) is 26.4. The first-order valence-corrected chi connectivity index (χ1v) is 11.1. The molecule has 0 aromatic carbocycles. The predicted molar refractivity (Wildman–Crippen MR) is 114 cm³/mol. The first kappa shape index (κ1) is 27.3. The van der Waals surface area contributed by atoms with Crippen molar-refractivity contribution in [1.29, 1.82) is 0 Å². The molecule has 2 N–H and O–H groups in total. The number of rotatable bonds is 9. The van der Waals surface area contributed by atoms with Crippen LogP contribution in [0.5, 0.6) is 0 Å². The van der Waals surface area contributed by atoms with Crippen molar-refractivity contribution in [2.75, 3.05) is 26.4 Å². The molecular formula is C21H29N3O12. The van der Waals surface area contributed by atoms with Crippen LogP contribution in [0.3, 0.4) is 0 Å². The second-order valence-corrected chi connectivity index (χ2v) is 8.06. The van der Waals surface area contributed by atoms with Crippen LogP contribution < -0.4 is 10.6 Å². The maximum Gasteiger partial charge on any atom is 0.325 e. The van der Waals surface area contributed by atoms with Crippen molar-refractivity contribution in [2.45, 2.75) is 64.8 Å². The zero-order valence-corrected chi connectivity index (χ0v) is 20.2. The van der Waals surface area contributed by atoms with Crippen molar-refractivity contribution in [3.05, 3.63) is 11.9 Å². The Balaban J connectivity index is 1.58. The minimum Gasteiger partial charge on any atom is -0.463 e. The van der Waals surface area contributed by atoms with Gasteiger partial charge in [0.1, 0.15) is 25.1 Å². The summed E-state index contributed by atoms with van der Waals surface area (Å²) < 4.78 is 38.2. The molecule has 3 heterocycles. The molecule has 15 nitrogen and oxygen atoms in total. The molecule has 0 saturated carbocycles. The van der Waals surface area contributed by atoms with Crippen molar-refractivity contribution in [3.63, 3.8) is 0 Å². The van der Waals surface area contributed by atoms with E-state index >= 15 is 0 Å². The zero-order valence-electron chi connectivity index (χ0n) is 20.2. The monoisotopic (exact) mass is 515 g/mol. The van der Waals surface area contributed by atoms with Crippen LogP contribution in [0.4, 0.5) is 4.79 Å². The topological polar surface area (TPSA) is 177 Å². The minimum atomic E-state index is -1.19. The molecule has 6 atom stereocenters. The van der Waals surface area contributed by atoms with E-state index in [1.165, 1.54) is 32.6 Å². The average Bonchev–Trinajstić information content (AvgIpc) is 3.35. The lowest BCUT2D eigenvalue weighted by molar-refractivity contribution is -0.216. The highest BCUT2D eigenvalue weighted by atomic mass is 16.8. The molecule has 15 heteroatoms. The molecule has 0 aromatic heterocycles. The number of carbonyl (C=O) groups excluding carboxylic acids is 5. The number of hydrogen-bond acceptors (Lipinski definition) is 12. The summed E-state index contributed by atoms with van der Waals surface area (Å²) in [5.74, 6) is -1.94. The van der Waals surface area contributed by atoms with Crippen molar-refractivity contribution in [1.82, 2.24) is 15.5 Å². The fourth-order valence-electron chi connectivity index (χ4n) is 3.71. The SMILES string of the molecule is CC(=O)NC1=CCN([C@@H]2CO[C@H](COC3O[C@H](COC(C)=O)[C@@H](OC(C)=O)[C@H]3OC(C)=O)O2)C(=O)N1. The van der Waals surface area contributed by atoms with E-state index in [9.17, 15) is 24.0 Å². The summed E-state index contributed by atoms with van der Waals surface area (Å²) in [5.41, 5.74) is 0. The molecular weight excluding hydrogens is 486 g/mol. The van der Waals surface area contributed by atoms with Gasteiger partial charge < -0.3 is 38.5 Å². The second-order valence-electron chi connectivity index (χ2n) is 8.06. The van der Waals surface area contributed by atoms with Crippen molar-refractivity contribution in [2.24, 2.45) is 0 Å². The molecule has 3 amide bonds. The van der Waals surface area contributed by atoms with Crippen LogP contribution in [0.1, 0.15) is 27.7 Å². The van der Waals surface area contributed by atoms with Crippen LogP contribution in [0.25, 0.3) is 0 Å². The quantitative estimate of drug-likeness (QED) is 0.279. The lowest BCUT2D eigenvalue weighted by Crippen LogP contribution is -2.52. The van der Waals surface area contributed by atoms with Crippen LogP contribution in [-0.2, 0) is 52.3 Å². The Morgan fingerprint density at radius 3 is 2.33 bits per heavy atom. The van der Waals surface area contributed by atoms with Gasteiger partial charge in [0.25, 0.3) is 0 Å². The lowest BCUT2D eigenvalue weighted by Gasteiger charge is -2.30. The van der Waals surface area contributed by atoms with Gasteiger partial charge >= 0.3 is 23.9 Å². The highest BCUT2D eigenvalue weighted by Gasteiger charge is 2.51. The van der Waals surface area contributed by atoms with Gasteiger partial charge in [-0.2, -0.15) is 0 Å². The van der Waals surface area contributed by atoms with Crippen LogP contribution in [0, 0.1) is 0 Å². The number of amides is 3. The van der Waals surface area contributed by atoms with Gasteiger partial charge in [0.05, 0.1) is 6.61 Å². The average molecular weight is 515 g/mol. The highest BCUT2D eigenvalue weighted by molar-refractivity contribution is 5.81. The normalized spacial score (nSPS) is 29.7. The molecule has 200 valence electrons. The third-order valence-electron chi connectivity index (χ3n) is 5.11. The van der Waals surface area contributed by atoms with Gasteiger partial charge in [0.2, 0.25) is 5.91 Å². The second kappa shape index (κ2) is 12.1. The van der Waals surface area contributed by atoms with Crippen LogP contribution in [-0.4, -0.2) is 98.2 Å². The molecule has 3 aliphatic rings. The van der Waals surface area contributed by atoms with E-state index in [4.69, 9.17) is 33.2 Å². The summed E-state index contributed by atoms with van der Waals surface area (Å²) in [6.07, 6.45) is -4.38. The first-order valence-electron chi connectivity index (χ1n) is 11.1. The number of nitrogens with one attached hydrogen (secondary N) is 2. The smallest absolute Gasteiger partial charge is 0.325 e. The van der Waals surface area contributed by atoms with E-state index in [1.54, 1.807) is 6.08 Å². The fraction of sp³-hybridized carbons (Fsp3) is 0.667. The number of nitrogens with zero attached hydrogens (tertiary/aromatic N) is 1. The first-order chi connectivity index (χ1) is 17.0. The van der Waals surface area contributed by atoms with Gasteiger partial charge in [-0.15, -0.1) is 0 Å². The number of ether oxygens (including phenoxy) is 7. The van der Waals surface area contributed by atoms with Crippen LogP contribution >= 0.6 is 0 Å². The Hall–Kier alpha value is -3.27. The summed E-state index contributed by atoms with van der Waals surface area (Å²) in [4.78, 5) is 59.4.